The summed E-state index contributed by atoms with van der Waals surface area (Å²) in [7, 11) is 2.16. The molecule has 0 spiro atoms. The van der Waals surface area contributed by atoms with Crippen LogP contribution in [0.3, 0.4) is 0 Å². The van der Waals surface area contributed by atoms with Crippen LogP contribution in [0.1, 0.15) is 31.2 Å². The van der Waals surface area contributed by atoms with Gasteiger partial charge < -0.3 is 19.5 Å². The van der Waals surface area contributed by atoms with Crippen molar-refractivity contribution in [2.45, 2.75) is 39.0 Å². The Kier molecular flexibility index (Phi) is 5.16. The minimum absolute atomic E-state index is 0.512. The maximum absolute atomic E-state index is 5.59. The number of nitrogens with zero attached hydrogens (tertiary/aromatic N) is 2. The summed E-state index contributed by atoms with van der Waals surface area (Å²) in [6.07, 6.45) is 2.68. The van der Waals surface area contributed by atoms with Gasteiger partial charge >= 0.3 is 0 Å². The van der Waals surface area contributed by atoms with E-state index in [0.717, 1.165) is 43.7 Å². The quantitative estimate of drug-likeness (QED) is 0.674. The van der Waals surface area contributed by atoms with Gasteiger partial charge in [-0.15, -0.1) is 0 Å². The molecular weight excluding hydrogens is 230 g/mol. The summed E-state index contributed by atoms with van der Waals surface area (Å²) in [4.78, 5) is 2.36. The van der Waals surface area contributed by atoms with Gasteiger partial charge in [-0.3, -0.25) is 0 Å². The highest BCUT2D eigenvalue weighted by atomic mass is 16.5. The molecule has 0 unspecified atom stereocenters. The van der Waals surface area contributed by atoms with Crippen molar-refractivity contribution < 1.29 is 9.26 Å². The number of hydrogen-bond donors (Lipinski definition) is 1. The van der Waals surface area contributed by atoms with Gasteiger partial charge in [0.2, 0.25) is 0 Å². The Morgan fingerprint density at radius 1 is 1.56 bits per heavy atom. The molecule has 0 radical (unpaired) electrons. The summed E-state index contributed by atoms with van der Waals surface area (Å²) >= 11 is 0. The van der Waals surface area contributed by atoms with E-state index in [0.29, 0.717) is 6.61 Å². The molecule has 2 rings (SSSR count). The standard InChI is InChI=1S/C13H23N3O2/c1-3-14-9-11-8-13(18-15-11)10-17-7-6-16(2)12-4-5-12/h8,12,14H,3-7,9-10H2,1-2H3. The first-order valence-corrected chi connectivity index (χ1v) is 6.72. The van der Waals surface area contributed by atoms with Crippen LogP contribution in [0.5, 0.6) is 0 Å². The molecule has 0 amide bonds. The molecule has 1 fully saturated rings. The van der Waals surface area contributed by atoms with Crippen molar-refractivity contribution in [1.29, 1.82) is 0 Å². The van der Waals surface area contributed by atoms with Crippen LogP contribution in [0.4, 0.5) is 0 Å². The van der Waals surface area contributed by atoms with Crippen LogP contribution < -0.4 is 5.32 Å². The number of rotatable bonds is 9. The van der Waals surface area contributed by atoms with E-state index in [-0.39, 0.29) is 0 Å². The fourth-order valence-corrected chi connectivity index (χ4v) is 1.84. The molecule has 5 heteroatoms. The fourth-order valence-electron chi connectivity index (χ4n) is 1.84. The van der Waals surface area contributed by atoms with Gasteiger partial charge in [-0.25, -0.2) is 0 Å². The van der Waals surface area contributed by atoms with Crippen molar-refractivity contribution in [1.82, 2.24) is 15.4 Å². The molecular formula is C13H23N3O2. The topological polar surface area (TPSA) is 50.5 Å². The smallest absolute Gasteiger partial charge is 0.162 e. The molecule has 0 aromatic carbocycles. The van der Waals surface area contributed by atoms with E-state index in [2.05, 4.69) is 29.3 Å². The summed E-state index contributed by atoms with van der Waals surface area (Å²) in [5, 5.41) is 7.19. The first kappa shape index (κ1) is 13.5. The van der Waals surface area contributed by atoms with Crippen molar-refractivity contribution in [3.8, 4) is 0 Å². The van der Waals surface area contributed by atoms with Crippen LogP contribution in [0.15, 0.2) is 10.6 Å². The number of likely N-dealkylation sites (N-methyl/N-ethyl adjacent to an activating group) is 1. The van der Waals surface area contributed by atoms with Gasteiger partial charge in [0, 0.05) is 25.2 Å². The molecule has 0 saturated heterocycles. The van der Waals surface area contributed by atoms with Gasteiger partial charge in [0.1, 0.15) is 6.61 Å². The highest BCUT2D eigenvalue weighted by Gasteiger charge is 2.25. The van der Waals surface area contributed by atoms with Gasteiger partial charge in [0.25, 0.3) is 0 Å². The molecule has 5 nitrogen and oxygen atoms in total. The molecule has 102 valence electrons. The third-order valence-corrected chi connectivity index (χ3v) is 3.17. The van der Waals surface area contributed by atoms with Crippen LogP contribution in [-0.4, -0.2) is 42.8 Å². The van der Waals surface area contributed by atoms with E-state index in [1.165, 1.54) is 12.8 Å². The van der Waals surface area contributed by atoms with E-state index in [4.69, 9.17) is 9.26 Å². The van der Waals surface area contributed by atoms with Gasteiger partial charge in [-0.1, -0.05) is 12.1 Å². The van der Waals surface area contributed by atoms with E-state index < -0.39 is 0 Å². The van der Waals surface area contributed by atoms with Crippen LogP contribution in [0, 0.1) is 0 Å². The fraction of sp³-hybridized carbons (Fsp3) is 0.769. The third-order valence-electron chi connectivity index (χ3n) is 3.17. The summed E-state index contributed by atoms with van der Waals surface area (Å²) in [5.74, 6) is 0.803. The highest BCUT2D eigenvalue weighted by Crippen LogP contribution is 2.24. The molecule has 0 bridgehead atoms. The second-order valence-corrected chi connectivity index (χ2v) is 4.83. The van der Waals surface area contributed by atoms with Gasteiger partial charge in [0.15, 0.2) is 5.76 Å². The zero-order valence-corrected chi connectivity index (χ0v) is 11.3. The molecule has 1 N–H and O–H groups in total. The van der Waals surface area contributed by atoms with Crippen LogP contribution in [0.2, 0.25) is 0 Å². The lowest BCUT2D eigenvalue weighted by molar-refractivity contribution is 0.0825. The first-order valence-electron chi connectivity index (χ1n) is 6.72. The lowest BCUT2D eigenvalue weighted by Gasteiger charge is -2.14. The van der Waals surface area contributed by atoms with Crippen LogP contribution in [0.25, 0.3) is 0 Å². The van der Waals surface area contributed by atoms with E-state index in [1.54, 1.807) is 0 Å². The van der Waals surface area contributed by atoms with Crippen LogP contribution >= 0.6 is 0 Å². The number of hydrogen-bond acceptors (Lipinski definition) is 5. The van der Waals surface area contributed by atoms with E-state index in [1.807, 2.05) is 6.07 Å². The highest BCUT2D eigenvalue weighted by molar-refractivity contribution is 5.04. The Morgan fingerprint density at radius 3 is 3.11 bits per heavy atom. The maximum atomic E-state index is 5.59. The second-order valence-electron chi connectivity index (χ2n) is 4.83. The largest absolute Gasteiger partial charge is 0.372 e. The zero-order valence-electron chi connectivity index (χ0n) is 11.3. The molecule has 0 aliphatic heterocycles. The van der Waals surface area contributed by atoms with Gasteiger partial charge in [-0.2, -0.15) is 0 Å². The van der Waals surface area contributed by atoms with Crippen molar-refractivity contribution in [2.75, 3.05) is 26.7 Å². The molecule has 1 aliphatic rings. The molecule has 0 atom stereocenters. The Bertz CT molecular complexity index is 350. The van der Waals surface area contributed by atoms with Gasteiger partial charge in [-0.05, 0) is 26.4 Å². The summed E-state index contributed by atoms with van der Waals surface area (Å²) < 4.78 is 10.8. The second kappa shape index (κ2) is 6.87. The molecule has 1 aliphatic carbocycles. The Labute approximate surface area is 108 Å². The van der Waals surface area contributed by atoms with Crippen LogP contribution in [-0.2, 0) is 17.9 Å². The summed E-state index contributed by atoms with van der Waals surface area (Å²) in [6, 6.07) is 2.75. The minimum Gasteiger partial charge on any atom is -0.372 e. The molecule has 1 saturated carbocycles. The zero-order chi connectivity index (χ0) is 12.8. The Morgan fingerprint density at radius 2 is 2.39 bits per heavy atom. The van der Waals surface area contributed by atoms with E-state index >= 15 is 0 Å². The number of aromatic nitrogens is 1. The predicted molar refractivity (Wildman–Crippen MR) is 69.2 cm³/mol. The lowest BCUT2D eigenvalue weighted by atomic mass is 10.3. The summed E-state index contributed by atoms with van der Waals surface area (Å²) in [5.41, 5.74) is 0.936. The SMILES string of the molecule is CCNCc1cc(COCCN(C)C2CC2)on1. The van der Waals surface area contributed by atoms with Crippen molar-refractivity contribution in [3.63, 3.8) is 0 Å². The molecule has 18 heavy (non-hydrogen) atoms. The normalized spacial score (nSPS) is 15.5. The molecule has 1 aromatic heterocycles. The Hall–Kier alpha value is -0.910. The number of nitrogens with one attached hydrogen (secondary N) is 1. The van der Waals surface area contributed by atoms with Crippen molar-refractivity contribution in [2.24, 2.45) is 0 Å². The maximum Gasteiger partial charge on any atom is 0.162 e. The number of ether oxygens (including phenoxy) is 1. The first-order chi connectivity index (χ1) is 8.79. The average Bonchev–Trinajstić information content (AvgIpc) is 3.13. The molecule has 1 heterocycles. The van der Waals surface area contributed by atoms with Gasteiger partial charge in [0.05, 0.1) is 12.3 Å². The predicted octanol–water partition coefficient (Wildman–Crippen LogP) is 1.39. The van der Waals surface area contributed by atoms with Crippen molar-refractivity contribution >= 4 is 0 Å². The average molecular weight is 253 g/mol. The molecule has 1 aromatic rings. The lowest BCUT2D eigenvalue weighted by Crippen LogP contribution is -2.25. The monoisotopic (exact) mass is 253 g/mol. The third kappa shape index (κ3) is 4.40. The summed E-state index contributed by atoms with van der Waals surface area (Å²) in [6.45, 7) is 6.01. The Balaban J connectivity index is 1.59. The minimum atomic E-state index is 0.512. The van der Waals surface area contributed by atoms with Crippen molar-refractivity contribution in [3.05, 3.63) is 17.5 Å². The van der Waals surface area contributed by atoms with E-state index in [9.17, 15) is 0 Å².